The summed E-state index contributed by atoms with van der Waals surface area (Å²) >= 11 is 0. The molecule has 0 aromatic carbocycles. The molecule has 1 aromatic rings. The van der Waals surface area contributed by atoms with E-state index in [1.165, 1.54) is 19.3 Å². The van der Waals surface area contributed by atoms with Gasteiger partial charge in [-0.25, -0.2) is 0 Å². The van der Waals surface area contributed by atoms with Crippen LogP contribution in [0.2, 0.25) is 0 Å². The highest BCUT2D eigenvalue weighted by Gasteiger charge is 2.42. The van der Waals surface area contributed by atoms with E-state index in [2.05, 4.69) is 15.0 Å². The molecule has 3 fully saturated rings. The quantitative estimate of drug-likeness (QED) is 0.870. The lowest BCUT2D eigenvalue weighted by atomic mass is 10.00. The van der Waals surface area contributed by atoms with Crippen LogP contribution in [-0.2, 0) is 6.54 Å². The van der Waals surface area contributed by atoms with Gasteiger partial charge < -0.3 is 9.63 Å². The molecule has 1 aliphatic heterocycles. The molecule has 98 valence electrons. The van der Waals surface area contributed by atoms with Crippen molar-refractivity contribution in [3.05, 3.63) is 11.7 Å². The number of rotatable bonds is 3. The van der Waals surface area contributed by atoms with Crippen molar-refractivity contribution in [1.29, 1.82) is 0 Å². The standard InChI is InChI=1S/C13H19N3O2/c17-11-4-3-9-5-16(6-10(9)11)7-12-14-13(18-15-12)8-1-2-8/h8-11,17H,1-7H2. The molecule has 1 saturated heterocycles. The third kappa shape index (κ3) is 1.86. The summed E-state index contributed by atoms with van der Waals surface area (Å²) < 4.78 is 5.28. The number of aliphatic hydroxyl groups excluding tert-OH is 1. The van der Waals surface area contributed by atoms with Gasteiger partial charge in [0.05, 0.1) is 12.6 Å². The zero-order valence-electron chi connectivity index (χ0n) is 10.5. The summed E-state index contributed by atoms with van der Waals surface area (Å²) in [6, 6.07) is 0. The Morgan fingerprint density at radius 3 is 2.89 bits per heavy atom. The van der Waals surface area contributed by atoms with Crippen LogP contribution in [0.15, 0.2) is 4.52 Å². The molecule has 0 radical (unpaired) electrons. The zero-order chi connectivity index (χ0) is 12.1. The Morgan fingerprint density at radius 1 is 1.22 bits per heavy atom. The molecular weight excluding hydrogens is 230 g/mol. The largest absolute Gasteiger partial charge is 0.393 e. The summed E-state index contributed by atoms with van der Waals surface area (Å²) in [5.74, 6) is 3.32. The number of fused-ring (bicyclic) bond motifs is 1. The van der Waals surface area contributed by atoms with E-state index in [0.717, 1.165) is 37.8 Å². The van der Waals surface area contributed by atoms with Gasteiger partial charge in [0.2, 0.25) is 5.89 Å². The van der Waals surface area contributed by atoms with Crippen molar-refractivity contribution in [2.24, 2.45) is 11.8 Å². The number of nitrogens with zero attached hydrogens (tertiary/aromatic N) is 3. The average Bonchev–Trinajstić information content (AvgIpc) is 2.82. The average molecular weight is 249 g/mol. The van der Waals surface area contributed by atoms with Crippen LogP contribution in [-0.4, -0.2) is 39.3 Å². The molecule has 1 N–H and O–H groups in total. The zero-order valence-corrected chi connectivity index (χ0v) is 10.5. The predicted octanol–water partition coefficient (Wildman–Crippen LogP) is 1.15. The minimum Gasteiger partial charge on any atom is -0.393 e. The van der Waals surface area contributed by atoms with E-state index >= 15 is 0 Å². The van der Waals surface area contributed by atoms with E-state index in [-0.39, 0.29) is 6.10 Å². The van der Waals surface area contributed by atoms with Crippen molar-refractivity contribution >= 4 is 0 Å². The van der Waals surface area contributed by atoms with Gasteiger partial charge in [-0.2, -0.15) is 4.98 Å². The maximum Gasteiger partial charge on any atom is 0.229 e. The Hall–Kier alpha value is -0.940. The Labute approximate surface area is 106 Å². The van der Waals surface area contributed by atoms with Crippen LogP contribution in [0.4, 0.5) is 0 Å². The van der Waals surface area contributed by atoms with Crippen molar-refractivity contribution in [2.45, 2.75) is 44.2 Å². The monoisotopic (exact) mass is 249 g/mol. The molecule has 5 nitrogen and oxygen atoms in total. The van der Waals surface area contributed by atoms with Gasteiger partial charge in [-0.15, -0.1) is 0 Å². The number of hydrogen-bond donors (Lipinski definition) is 1. The molecule has 2 heterocycles. The van der Waals surface area contributed by atoms with Gasteiger partial charge in [0.1, 0.15) is 0 Å². The van der Waals surface area contributed by atoms with Crippen molar-refractivity contribution in [3.63, 3.8) is 0 Å². The normalized spacial score (nSPS) is 36.2. The number of aliphatic hydroxyl groups is 1. The van der Waals surface area contributed by atoms with Crippen LogP contribution in [0.1, 0.15) is 43.3 Å². The summed E-state index contributed by atoms with van der Waals surface area (Å²) in [5, 5.41) is 14.0. The lowest BCUT2D eigenvalue weighted by Gasteiger charge is -2.15. The Morgan fingerprint density at radius 2 is 2.11 bits per heavy atom. The molecular formula is C13H19N3O2. The molecule has 0 amide bonds. The predicted molar refractivity (Wildman–Crippen MR) is 63.8 cm³/mol. The first-order chi connectivity index (χ1) is 8.79. The molecule has 2 saturated carbocycles. The first-order valence-electron chi connectivity index (χ1n) is 7.02. The number of hydrogen-bond acceptors (Lipinski definition) is 5. The van der Waals surface area contributed by atoms with Gasteiger partial charge in [0, 0.05) is 24.9 Å². The molecule has 1 aromatic heterocycles. The molecule has 3 aliphatic rings. The van der Waals surface area contributed by atoms with Gasteiger partial charge in [-0.3, -0.25) is 4.90 Å². The fourth-order valence-electron chi connectivity index (χ4n) is 3.49. The third-order valence-electron chi connectivity index (χ3n) is 4.67. The second-order valence-corrected chi connectivity index (χ2v) is 6.09. The molecule has 0 spiro atoms. The molecule has 0 bridgehead atoms. The molecule has 3 atom stereocenters. The van der Waals surface area contributed by atoms with Crippen LogP contribution in [0.3, 0.4) is 0 Å². The summed E-state index contributed by atoms with van der Waals surface area (Å²) in [4.78, 5) is 6.83. The third-order valence-corrected chi connectivity index (χ3v) is 4.67. The minimum atomic E-state index is -0.0905. The lowest BCUT2D eigenvalue weighted by molar-refractivity contribution is 0.123. The SMILES string of the molecule is OC1CCC2CN(Cc3noc(C4CC4)n3)CC12. The first kappa shape index (κ1) is 10.9. The van der Waals surface area contributed by atoms with E-state index in [1.807, 2.05) is 0 Å². The van der Waals surface area contributed by atoms with E-state index in [1.54, 1.807) is 0 Å². The van der Waals surface area contributed by atoms with Crippen LogP contribution < -0.4 is 0 Å². The number of likely N-dealkylation sites (tertiary alicyclic amines) is 1. The van der Waals surface area contributed by atoms with E-state index in [9.17, 15) is 5.11 Å². The Bertz CT molecular complexity index is 443. The van der Waals surface area contributed by atoms with E-state index in [0.29, 0.717) is 17.8 Å². The minimum absolute atomic E-state index is 0.0905. The molecule has 5 heteroatoms. The van der Waals surface area contributed by atoms with Crippen LogP contribution in [0.5, 0.6) is 0 Å². The topological polar surface area (TPSA) is 62.4 Å². The number of aromatic nitrogens is 2. The van der Waals surface area contributed by atoms with Gasteiger partial charge in [-0.05, 0) is 31.6 Å². The molecule has 18 heavy (non-hydrogen) atoms. The van der Waals surface area contributed by atoms with Gasteiger partial charge in [0.15, 0.2) is 5.82 Å². The molecule has 4 rings (SSSR count). The maximum absolute atomic E-state index is 9.89. The first-order valence-corrected chi connectivity index (χ1v) is 7.02. The summed E-state index contributed by atoms with van der Waals surface area (Å²) in [6.45, 7) is 2.84. The van der Waals surface area contributed by atoms with Crippen LogP contribution in [0.25, 0.3) is 0 Å². The van der Waals surface area contributed by atoms with Crippen LogP contribution in [0, 0.1) is 11.8 Å². The Kier molecular flexibility index (Phi) is 2.45. The summed E-state index contributed by atoms with van der Waals surface area (Å²) in [6.07, 6.45) is 4.45. The van der Waals surface area contributed by atoms with E-state index in [4.69, 9.17) is 4.52 Å². The highest BCUT2D eigenvalue weighted by atomic mass is 16.5. The van der Waals surface area contributed by atoms with Crippen molar-refractivity contribution in [3.8, 4) is 0 Å². The molecule has 3 unspecified atom stereocenters. The van der Waals surface area contributed by atoms with Gasteiger partial charge in [-0.1, -0.05) is 5.16 Å². The highest BCUT2D eigenvalue weighted by Crippen LogP contribution is 2.40. The molecule has 2 aliphatic carbocycles. The summed E-state index contributed by atoms with van der Waals surface area (Å²) in [7, 11) is 0. The van der Waals surface area contributed by atoms with Crippen molar-refractivity contribution in [2.75, 3.05) is 13.1 Å². The summed E-state index contributed by atoms with van der Waals surface area (Å²) in [5.41, 5.74) is 0. The lowest BCUT2D eigenvalue weighted by Crippen LogP contribution is -2.24. The van der Waals surface area contributed by atoms with Crippen LogP contribution >= 0.6 is 0 Å². The van der Waals surface area contributed by atoms with E-state index < -0.39 is 0 Å². The van der Waals surface area contributed by atoms with Crippen molar-refractivity contribution in [1.82, 2.24) is 15.0 Å². The van der Waals surface area contributed by atoms with Crippen molar-refractivity contribution < 1.29 is 9.63 Å². The van der Waals surface area contributed by atoms with Gasteiger partial charge >= 0.3 is 0 Å². The maximum atomic E-state index is 9.89. The fraction of sp³-hybridized carbons (Fsp3) is 0.846. The highest BCUT2D eigenvalue weighted by molar-refractivity contribution is 5.02. The smallest absolute Gasteiger partial charge is 0.229 e. The van der Waals surface area contributed by atoms with Gasteiger partial charge in [0.25, 0.3) is 0 Å². The Balaban J connectivity index is 1.40. The second kappa shape index (κ2) is 4.03. The second-order valence-electron chi connectivity index (χ2n) is 6.09. The fourth-order valence-corrected chi connectivity index (χ4v) is 3.49.